The number of alkyl halides is 1. The molecule has 0 fully saturated rings. The first-order valence-corrected chi connectivity index (χ1v) is 4.99. The van der Waals surface area contributed by atoms with E-state index in [1.807, 2.05) is 6.92 Å². The van der Waals surface area contributed by atoms with E-state index in [2.05, 4.69) is 5.32 Å². The fraction of sp³-hybridized carbons (Fsp3) is 0.875. The third-order valence-corrected chi connectivity index (χ3v) is 1.89. The topological polar surface area (TPSA) is 52.6 Å². The van der Waals surface area contributed by atoms with Gasteiger partial charge in [0.1, 0.15) is 0 Å². The number of nitrogens with zero attached hydrogens (tertiary/aromatic N) is 1. The minimum atomic E-state index is -0.137. The van der Waals surface area contributed by atoms with E-state index < -0.39 is 0 Å². The molecular weight excluding hydrogens is 192 g/mol. The highest BCUT2D eigenvalue weighted by Gasteiger charge is 2.08. The van der Waals surface area contributed by atoms with Crippen LogP contribution in [0.1, 0.15) is 13.3 Å². The minimum absolute atomic E-state index is 0.00321. The third-order valence-electron chi connectivity index (χ3n) is 1.63. The van der Waals surface area contributed by atoms with Crippen molar-refractivity contribution in [3.05, 3.63) is 0 Å². The van der Waals surface area contributed by atoms with Crippen molar-refractivity contribution in [3.8, 4) is 0 Å². The van der Waals surface area contributed by atoms with Crippen LogP contribution in [-0.2, 0) is 0 Å². The van der Waals surface area contributed by atoms with E-state index in [9.17, 15) is 4.79 Å². The number of likely N-dealkylation sites (N-methyl/N-ethyl adjacent to an activating group) is 1. The maximum absolute atomic E-state index is 11.3. The SMILES string of the molecule is CCN(CCO)C(=O)NCCCCl. The van der Waals surface area contributed by atoms with Gasteiger partial charge in [-0.1, -0.05) is 0 Å². The largest absolute Gasteiger partial charge is 0.395 e. The first-order chi connectivity index (χ1) is 6.26. The Kier molecular flexibility index (Phi) is 7.83. The molecule has 0 saturated carbocycles. The molecule has 13 heavy (non-hydrogen) atoms. The molecule has 0 radical (unpaired) electrons. The summed E-state index contributed by atoms with van der Waals surface area (Å²) in [5.74, 6) is 0.548. The Morgan fingerprint density at radius 2 is 2.31 bits per heavy atom. The van der Waals surface area contributed by atoms with Crippen LogP contribution in [0.4, 0.5) is 4.79 Å². The number of aliphatic hydroxyl groups is 1. The van der Waals surface area contributed by atoms with Crippen LogP contribution < -0.4 is 5.32 Å². The second-order valence-corrected chi connectivity index (χ2v) is 2.96. The zero-order valence-electron chi connectivity index (χ0n) is 7.92. The molecule has 0 spiro atoms. The van der Waals surface area contributed by atoms with Crippen molar-refractivity contribution in [1.82, 2.24) is 10.2 Å². The van der Waals surface area contributed by atoms with Crippen molar-refractivity contribution in [3.63, 3.8) is 0 Å². The normalized spacial score (nSPS) is 9.77. The Balaban J connectivity index is 3.64. The summed E-state index contributed by atoms with van der Waals surface area (Å²) in [7, 11) is 0. The van der Waals surface area contributed by atoms with Crippen LogP contribution in [0, 0.1) is 0 Å². The average molecular weight is 209 g/mol. The quantitative estimate of drug-likeness (QED) is 0.497. The van der Waals surface area contributed by atoms with Crippen molar-refractivity contribution >= 4 is 17.6 Å². The van der Waals surface area contributed by atoms with E-state index in [1.165, 1.54) is 0 Å². The zero-order chi connectivity index (χ0) is 10.1. The minimum Gasteiger partial charge on any atom is -0.395 e. The molecule has 5 heteroatoms. The van der Waals surface area contributed by atoms with Gasteiger partial charge in [-0.05, 0) is 13.3 Å². The van der Waals surface area contributed by atoms with E-state index in [-0.39, 0.29) is 12.6 Å². The summed E-state index contributed by atoms with van der Waals surface area (Å²) < 4.78 is 0. The highest BCUT2D eigenvalue weighted by atomic mass is 35.5. The molecule has 4 nitrogen and oxygen atoms in total. The van der Waals surface area contributed by atoms with E-state index in [0.29, 0.717) is 25.5 Å². The van der Waals surface area contributed by atoms with Gasteiger partial charge in [-0.3, -0.25) is 0 Å². The second kappa shape index (κ2) is 8.13. The molecule has 0 aromatic carbocycles. The molecule has 78 valence electrons. The Labute approximate surface area is 83.9 Å². The van der Waals surface area contributed by atoms with Crippen LogP contribution in [0.2, 0.25) is 0 Å². The van der Waals surface area contributed by atoms with Crippen LogP contribution >= 0.6 is 11.6 Å². The first-order valence-electron chi connectivity index (χ1n) is 4.45. The van der Waals surface area contributed by atoms with Gasteiger partial charge >= 0.3 is 6.03 Å². The summed E-state index contributed by atoms with van der Waals surface area (Å²) in [6.07, 6.45) is 0.768. The molecule has 0 aromatic rings. The molecular formula is C8H17ClN2O2. The summed E-state index contributed by atoms with van der Waals surface area (Å²) in [5.41, 5.74) is 0. The number of amides is 2. The van der Waals surface area contributed by atoms with Crippen LogP contribution in [-0.4, -0.2) is 48.2 Å². The summed E-state index contributed by atoms with van der Waals surface area (Å²) >= 11 is 5.45. The van der Waals surface area contributed by atoms with E-state index in [0.717, 1.165) is 6.42 Å². The fourth-order valence-electron chi connectivity index (χ4n) is 0.898. The molecule has 0 unspecified atom stereocenters. The maximum atomic E-state index is 11.3. The van der Waals surface area contributed by atoms with Gasteiger partial charge < -0.3 is 15.3 Å². The van der Waals surface area contributed by atoms with Crippen molar-refractivity contribution in [1.29, 1.82) is 0 Å². The lowest BCUT2D eigenvalue weighted by atomic mass is 10.4. The van der Waals surface area contributed by atoms with E-state index >= 15 is 0 Å². The number of aliphatic hydroxyl groups excluding tert-OH is 1. The molecule has 0 rings (SSSR count). The number of carbonyl (C=O) groups excluding carboxylic acids is 1. The number of hydrogen-bond acceptors (Lipinski definition) is 2. The molecule has 0 saturated heterocycles. The molecule has 2 amide bonds. The smallest absolute Gasteiger partial charge is 0.317 e. The second-order valence-electron chi connectivity index (χ2n) is 2.58. The van der Waals surface area contributed by atoms with Crippen LogP contribution in [0.15, 0.2) is 0 Å². The lowest BCUT2D eigenvalue weighted by molar-refractivity contribution is 0.180. The number of urea groups is 1. The van der Waals surface area contributed by atoms with Gasteiger partial charge in [0.05, 0.1) is 6.61 Å². The van der Waals surface area contributed by atoms with Crippen molar-refractivity contribution < 1.29 is 9.90 Å². The average Bonchev–Trinajstić information content (AvgIpc) is 2.14. The highest BCUT2D eigenvalue weighted by Crippen LogP contribution is 1.89. The van der Waals surface area contributed by atoms with Gasteiger partial charge in [0.2, 0.25) is 0 Å². The van der Waals surface area contributed by atoms with Crippen molar-refractivity contribution in [2.75, 3.05) is 32.1 Å². The maximum Gasteiger partial charge on any atom is 0.317 e. The van der Waals surface area contributed by atoms with Crippen LogP contribution in [0.5, 0.6) is 0 Å². The van der Waals surface area contributed by atoms with Gasteiger partial charge in [0.25, 0.3) is 0 Å². The zero-order valence-corrected chi connectivity index (χ0v) is 8.68. The molecule has 0 aliphatic heterocycles. The number of rotatable bonds is 6. The highest BCUT2D eigenvalue weighted by molar-refractivity contribution is 6.17. The van der Waals surface area contributed by atoms with E-state index in [4.69, 9.17) is 16.7 Å². The summed E-state index contributed by atoms with van der Waals surface area (Å²) in [4.78, 5) is 12.8. The van der Waals surface area contributed by atoms with Crippen LogP contribution in [0.3, 0.4) is 0 Å². The van der Waals surface area contributed by atoms with E-state index in [1.54, 1.807) is 4.90 Å². The molecule has 0 atom stereocenters. The number of halogens is 1. The predicted octanol–water partition coefficient (Wildman–Crippen LogP) is 0.639. The van der Waals surface area contributed by atoms with Gasteiger partial charge in [0, 0.05) is 25.5 Å². The molecule has 0 aromatic heterocycles. The number of carbonyl (C=O) groups is 1. The Bertz CT molecular complexity index is 144. The van der Waals surface area contributed by atoms with Gasteiger partial charge in [0.15, 0.2) is 0 Å². The summed E-state index contributed by atoms with van der Waals surface area (Å²) in [6.45, 7) is 3.44. The Morgan fingerprint density at radius 3 is 2.77 bits per heavy atom. The lowest BCUT2D eigenvalue weighted by Gasteiger charge is -2.19. The Morgan fingerprint density at radius 1 is 1.62 bits per heavy atom. The van der Waals surface area contributed by atoms with Gasteiger partial charge in [-0.25, -0.2) is 4.79 Å². The fourth-order valence-corrected chi connectivity index (χ4v) is 1.03. The summed E-state index contributed by atoms with van der Waals surface area (Å²) in [6, 6.07) is -0.137. The standard InChI is InChI=1S/C8H17ClN2O2/c1-2-11(6-7-12)8(13)10-5-3-4-9/h12H,2-7H2,1H3,(H,10,13). The van der Waals surface area contributed by atoms with Gasteiger partial charge in [-0.2, -0.15) is 0 Å². The molecule has 0 heterocycles. The monoisotopic (exact) mass is 208 g/mol. The number of hydrogen-bond donors (Lipinski definition) is 2. The first kappa shape index (κ1) is 12.5. The van der Waals surface area contributed by atoms with Crippen molar-refractivity contribution in [2.24, 2.45) is 0 Å². The molecule has 0 bridgehead atoms. The molecule has 0 aliphatic carbocycles. The molecule has 0 aliphatic rings. The summed E-state index contributed by atoms with van der Waals surface area (Å²) in [5, 5.41) is 11.4. The molecule has 2 N–H and O–H groups in total. The van der Waals surface area contributed by atoms with Crippen molar-refractivity contribution in [2.45, 2.75) is 13.3 Å². The third kappa shape index (κ3) is 5.71. The predicted molar refractivity (Wildman–Crippen MR) is 53.1 cm³/mol. The number of nitrogens with one attached hydrogen (secondary N) is 1. The lowest BCUT2D eigenvalue weighted by Crippen LogP contribution is -2.41. The Hall–Kier alpha value is -0.480. The van der Waals surface area contributed by atoms with Crippen LogP contribution in [0.25, 0.3) is 0 Å². The van der Waals surface area contributed by atoms with Gasteiger partial charge in [-0.15, -0.1) is 11.6 Å².